The Balaban J connectivity index is 2.55. The Hall–Kier alpha value is -1.88. The van der Waals surface area contributed by atoms with Crippen LogP contribution in [0.25, 0.3) is 0 Å². The Morgan fingerprint density at radius 2 is 1.90 bits per heavy atom. The molecule has 0 fully saturated rings. The van der Waals surface area contributed by atoms with Crippen LogP contribution >= 0.6 is 15.9 Å². The predicted molar refractivity (Wildman–Crippen MR) is 84.4 cm³/mol. The van der Waals surface area contributed by atoms with Crippen molar-refractivity contribution in [2.75, 3.05) is 14.2 Å². The Morgan fingerprint density at radius 1 is 1.19 bits per heavy atom. The molecule has 1 aromatic heterocycles. The van der Waals surface area contributed by atoms with Crippen molar-refractivity contribution in [1.82, 2.24) is 4.98 Å². The van der Waals surface area contributed by atoms with Crippen LogP contribution in [0.2, 0.25) is 0 Å². The second-order valence-corrected chi connectivity index (χ2v) is 5.46. The average molecular weight is 350 g/mol. The zero-order chi connectivity index (χ0) is 15.6. The zero-order valence-corrected chi connectivity index (χ0v) is 13.9. The number of hydrogen-bond acceptors (Lipinski definition) is 4. The minimum Gasteiger partial charge on any atom is -0.495 e. The molecule has 0 amide bonds. The van der Waals surface area contributed by atoms with Crippen molar-refractivity contribution in [3.8, 4) is 11.5 Å². The number of aromatic nitrogens is 1. The fraction of sp³-hybridized carbons (Fsp3) is 0.250. The highest BCUT2D eigenvalue weighted by molar-refractivity contribution is 9.10. The first-order valence-corrected chi connectivity index (χ1v) is 7.17. The van der Waals surface area contributed by atoms with E-state index in [1.165, 1.54) is 7.11 Å². The molecular formula is C16H16BrNO3. The number of carbonyl (C=O) groups excluding carboxylic acids is 1. The lowest BCUT2D eigenvalue weighted by Gasteiger charge is -2.13. The summed E-state index contributed by atoms with van der Waals surface area (Å²) in [7, 11) is 3.08. The molecule has 0 aliphatic rings. The van der Waals surface area contributed by atoms with Gasteiger partial charge in [0.25, 0.3) is 0 Å². The summed E-state index contributed by atoms with van der Waals surface area (Å²) < 4.78 is 11.2. The van der Waals surface area contributed by atoms with Crippen LogP contribution < -0.4 is 9.47 Å². The highest BCUT2D eigenvalue weighted by Crippen LogP contribution is 2.38. The summed E-state index contributed by atoms with van der Waals surface area (Å²) in [5, 5.41) is 0. The maximum Gasteiger partial charge on any atom is 0.215 e. The second-order valence-electron chi connectivity index (χ2n) is 4.67. The van der Waals surface area contributed by atoms with Gasteiger partial charge < -0.3 is 9.47 Å². The van der Waals surface area contributed by atoms with Gasteiger partial charge in [0.05, 0.1) is 19.8 Å². The highest BCUT2D eigenvalue weighted by Gasteiger charge is 2.21. The third kappa shape index (κ3) is 2.93. The number of ether oxygens (including phenoxy) is 2. The van der Waals surface area contributed by atoms with Gasteiger partial charge >= 0.3 is 0 Å². The van der Waals surface area contributed by atoms with Gasteiger partial charge in [0.15, 0.2) is 0 Å². The van der Waals surface area contributed by atoms with Crippen molar-refractivity contribution in [3.63, 3.8) is 0 Å². The fourth-order valence-corrected chi connectivity index (χ4v) is 2.82. The quantitative estimate of drug-likeness (QED) is 0.789. The number of methoxy groups -OCH3 is 2. The van der Waals surface area contributed by atoms with Crippen LogP contribution in [0, 0.1) is 13.8 Å². The van der Waals surface area contributed by atoms with Gasteiger partial charge in [0, 0.05) is 6.20 Å². The van der Waals surface area contributed by atoms with E-state index in [0.717, 1.165) is 11.1 Å². The van der Waals surface area contributed by atoms with Crippen LogP contribution in [0.3, 0.4) is 0 Å². The van der Waals surface area contributed by atoms with E-state index in [2.05, 4.69) is 20.9 Å². The summed E-state index contributed by atoms with van der Waals surface area (Å²) in [4.78, 5) is 17.0. The number of ketones is 1. The number of rotatable bonds is 4. The van der Waals surface area contributed by atoms with Gasteiger partial charge in [-0.05, 0) is 53.0 Å². The first-order chi connectivity index (χ1) is 9.99. The summed E-state index contributed by atoms with van der Waals surface area (Å²) in [5.41, 5.74) is 2.74. The summed E-state index contributed by atoms with van der Waals surface area (Å²) in [6.45, 7) is 3.82. The number of benzene rings is 1. The van der Waals surface area contributed by atoms with E-state index < -0.39 is 0 Å². The van der Waals surface area contributed by atoms with Crippen LogP contribution in [0.4, 0.5) is 0 Å². The molecule has 0 spiro atoms. The lowest BCUT2D eigenvalue weighted by Crippen LogP contribution is -2.09. The van der Waals surface area contributed by atoms with E-state index in [-0.39, 0.29) is 5.78 Å². The average Bonchev–Trinajstić information content (AvgIpc) is 2.46. The number of pyridine rings is 1. The highest BCUT2D eigenvalue weighted by atomic mass is 79.9. The second kappa shape index (κ2) is 6.26. The largest absolute Gasteiger partial charge is 0.495 e. The molecule has 21 heavy (non-hydrogen) atoms. The van der Waals surface area contributed by atoms with E-state index in [9.17, 15) is 4.79 Å². The Kier molecular flexibility index (Phi) is 4.63. The number of halogens is 1. The van der Waals surface area contributed by atoms with E-state index >= 15 is 0 Å². The van der Waals surface area contributed by atoms with Crippen LogP contribution in [0.5, 0.6) is 11.5 Å². The molecule has 5 heteroatoms. The topological polar surface area (TPSA) is 48.4 Å². The van der Waals surface area contributed by atoms with Gasteiger partial charge in [-0.3, -0.25) is 9.78 Å². The lowest BCUT2D eigenvalue weighted by molar-refractivity contribution is 0.103. The van der Waals surface area contributed by atoms with Gasteiger partial charge in [0.1, 0.15) is 21.7 Å². The number of carbonyl (C=O) groups is 1. The zero-order valence-electron chi connectivity index (χ0n) is 12.4. The summed E-state index contributed by atoms with van der Waals surface area (Å²) in [6, 6.07) is 5.35. The van der Waals surface area contributed by atoms with Gasteiger partial charge in [-0.15, -0.1) is 0 Å². The van der Waals surface area contributed by atoms with Gasteiger partial charge in [-0.2, -0.15) is 0 Å². The van der Waals surface area contributed by atoms with Gasteiger partial charge in [-0.1, -0.05) is 6.07 Å². The van der Waals surface area contributed by atoms with Crippen LogP contribution in [-0.4, -0.2) is 25.0 Å². The Bertz CT molecular complexity index is 698. The molecule has 0 N–H and O–H groups in total. The molecule has 1 heterocycles. The maximum absolute atomic E-state index is 12.7. The predicted octanol–water partition coefficient (Wildman–Crippen LogP) is 3.71. The normalized spacial score (nSPS) is 10.3. The first kappa shape index (κ1) is 15.5. The van der Waals surface area contributed by atoms with Crippen molar-refractivity contribution < 1.29 is 14.3 Å². The smallest absolute Gasteiger partial charge is 0.215 e. The molecule has 0 radical (unpaired) electrons. The maximum atomic E-state index is 12.7. The standard InChI is InChI=1S/C16H16BrNO3/c1-9-7-10(2)14(18-8-9)15(19)11-5-6-12(20-3)13(17)16(11)21-4/h5-8H,1-4H3. The SMILES string of the molecule is COc1ccc(C(=O)c2ncc(C)cc2C)c(OC)c1Br. The summed E-state index contributed by atoms with van der Waals surface area (Å²) in [6.07, 6.45) is 1.69. The fourth-order valence-electron chi connectivity index (χ4n) is 2.15. The number of hydrogen-bond donors (Lipinski definition) is 0. The van der Waals surface area contributed by atoms with Crippen molar-refractivity contribution in [2.45, 2.75) is 13.8 Å². The molecule has 0 atom stereocenters. The molecule has 4 nitrogen and oxygen atoms in total. The Morgan fingerprint density at radius 3 is 2.48 bits per heavy atom. The molecule has 1 aromatic carbocycles. The van der Waals surface area contributed by atoms with Crippen molar-refractivity contribution >= 4 is 21.7 Å². The summed E-state index contributed by atoms with van der Waals surface area (Å²) in [5.74, 6) is 0.880. The van der Waals surface area contributed by atoms with E-state index in [1.54, 1.807) is 25.4 Å². The first-order valence-electron chi connectivity index (χ1n) is 6.38. The Labute approximate surface area is 132 Å². The molecule has 0 unspecified atom stereocenters. The lowest BCUT2D eigenvalue weighted by atomic mass is 10.0. The molecule has 2 rings (SSSR count). The molecule has 0 saturated carbocycles. The van der Waals surface area contributed by atoms with Gasteiger partial charge in [0.2, 0.25) is 5.78 Å². The van der Waals surface area contributed by atoms with E-state index in [0.29, 0.717) is 27.2 Å². The molecule has 2 aromatic rings. The van der Waals surface area contributed by atoms with Crippen molar-refractivity contribution in [1.29, 1.82) is 0 Å². The molecule has 0 aliphatic carbocycles. The summed E-state index contributed by atoms with van der Waals surface area (Å²) >= 11 is 3.40. The molecule has 110 valence electrons. The minimum atomic E-state index is -0.173. The number of aryl methyl sites for hydroxylation is 2. The van der Waals surface area contributed by atoms with Crippen molar-refractivity contribution in [3.05, 3.63) is 51.3 Å². The van der Waals surface area contributed by atoms with Crippen molar-refractivity contribution in [2.24, 2.45) is 0 Å². The van der Waals surface area contributed by atoms with Crippen LogP contribution in [-0.2, 0) is 0 Å². The molecule has 0 bridgehead atoms. The van der Waals surface area contributed by atoms with Gasteiger partial charge in [-0.25, -0.2) is 0 Å². The number of nitrogens with zero attached hydrogens (tertiary/aromatic N) is 1. The molecule has 0 aliphatic heterocycles. The third-order valence-corrected chi connectivity index (χ3v) is 3.91. The molecule has 0 saturated heterocycles. The van der Waals surface area contributed by atoms with E-state index in [1.807, 2.05) is 19.9 Å². The molecular weight excluding hydrogens is 334 g/mol. The monoisotopic (exact) mass is 349 g/mol. The third-order valence-electron chi connectivity index (χ3n) is 3.16. The van der Waals surface area contributed by atoms with E-state index in [4.69, 9.17) is 9.47 Å². The minimum absolute atomic E-state index is 0.173. The van der Waals surface area contributed by atoms with Crippen LogP contribution in [0.1, 0.15) is 27.2 Å². The van der Waals surface area contributed by atoms with Crippen LogP contribution in [0.15, 0.2) is 28.9 Å².